The number of hydrogen-bond acceptors (Lipinski definition) is 5. The largest absolute Gasteiger partial charge is 0.353 e. The number of pyridine rings is 1. The van der Waals surface area contributed by atoms with E-state index < -0.39 is 0 Å². The first kappa shape index (κ1) is 11.3. The van der Waals surface area contributed by atoms with E-state index in [-0.39, 0.29) is 24.1 Å². The fourth-order valence-corrected chi connectivity index (χ4v) is 1.61. The molecule has 0 unspecified atom stereocenters. The summed E-state index contributed by atoms with van der Waals surface area (Å²) in [6.07, 6.45) is 0. The lowest BCUT2D eigenvalue weighted by Gasteiger charge is -2.26. The van der Waals surface area contributed by atoms with Crippen molar-refractivity contribution in [2.45, 2.75) is 0 Å². The van der Waals surface area contributed by atoms with Crippen molar-refractivity contribution in [1.29, 1.82) is 0 Å². The molecule has 1 aromatic rings. The Kier molecular flexibility index (Phi) is 3.20. The minimum absolute atomic E-state index is 0.0702. The molecule has 0 radical (unpaired) electrons. The summed E-state index contributed by atoms with van der Waals surface area (Å²) < 4.78 is 0. The second-order valence-electron chi connectivity index (χ2n) is 3.63. The van der Waals surface area contributed by atoms with Gasteiger partial charge in [-0.3, -0.25) is 9.59 Å². The van der Waals surface area contributed by atoms with Gasteiger partial charge in [0.2, 0.25) is 5.91 Å². The van der Waals surface area contributed by atoms with Gasteiger partial charge in [0, 0.05) is 13.1 Å². The number of nitrogens with one attached hydrogen (secondary N) is 2. The summed E-state index contributed by atoms with van der Waals surface area (Å²) in [5.41, 5.74) is 2.65. The first-order valence-electron chi connectivity index (χ1n) is 5.20. The third-order valence-corrected chi connectivity index (χ3v) is 2.44. The van der Waals surface area contributed by atoms with E-state index >= 15 is 0 Å². The molecular formula is C10H13N5O2. The number of piperazine rings is 1. The molecule has 0 bridgehead atoms. The number of nitrogens with two attached hydrogens (primary N) is 1. The van der Waals surface area contributed by atoms with Crippen molar-refractivity contribution in [3.05, 3.63) is 23.9 Å². The van der Waals surface area contributed by atoms with Crippen LogP contribution in [-0.4, -0.2) is 41.3 Å². The molecule has 1 fully saturated rings. The first-order valence-corrected chi connectivity index (χ1v) is 5.20. The zero-order valence-corrected chi connectivity index (χ0v) is 9.14. The second kappa shape index (κ2) is 4.79. The third kappa shape index (κ3) is 2.51. The predicted octanol–water partition coefficient (Wildman–Crippen LogP) is -1.06. The van der Waals surface area contributed by atoms with Crippen molar-refractivity contribution in [1.82, 2.24) is 15.2 Å². The van der Waals surface area contributed by atoms with Crippen LogP contribution in [0.1, 0.15) is 10.5 Å². The molecule has 1 saturated heterocycles. The highest BCUT2D eigenvalue weighted by Gasteiger charge is 2.23. The van der Waals surface area contributed by atoms with Gasteiger partial charge in [0.05, 0.1) is 6.54 Å². The molecule has 1 aromatic heterocycles. The van der Waals surface area contributed by atoms with Crippen molar-refractivity contribution in [3.8, 4) is 0 Å². The number of anilines is 1. The van der Waals surface area contributed by atoms with Crippen LogP contribution in [0.15, 0.2) is 18.2 Å². The van der Waals surface area contributed by atoms with E-state index in [1.807, 2.05) is 0 Å². The van der Waals surface area contributed by atoms with Gasteiger partial charge in [-0.25, -0.2) is 10.8 Å². The Bertz CT molecular complexity index is 448. The Morgan fingerprint density at radius 3 is 3.06 bits per heavy atom. The van der Waals surface area contributed by atoms with Crippen molar-refractivity contribution >= 4 is 17.6 Å². The van der Waals surface area contributed by atoms with Crippen molar-refractivity contribution in [2.24, 2.45) is 5.84 Å². The molecule has 7 heteroatoms. The first-order chi connectivity index (χ1) is 8.20. The summed E-state index contributed by atoms with van der Waals surface area (Å²) in [5.74, 6) is 5.21. The topological polar surface area (TPSA) is 100 Å². The molecule has 2 amide bonds. The molecule has 0 saturated carbocycles. The van der Waals surface area contributed by atoms with E-state index in [1.165, 1.54) is 4.90 Å². The Balaban J connectivity index is 2.15. The van der Waals surface area contributed by atoms with Crippen LogP contribution in [-0.2, 0) is 4.79 Å². The Morgan fingerprint density at radius 1 is 1.53 bits per heavy atom. The number of hydrogen-bond donors (Lipinski definition) is 3. The van der Waals surface area contributed by atoms with Gasteiger partial charge in [0.1, 0.15) is 11.5 Å². The minimum Gasteiger partial charge on any atom is -0.353 e. The van der Waals surface area contributed by atoms with E-state index in [9.17, 15) is 9.59 Å². The number of amides is 2. The summed E-state index contributed by atoms with van der Waals surface area (Å²) in [4.78, 5) is 28.7. The molecule has 0 aliphatic carbocycles. The van der Waals surface area contributed by atoms with Crippen LogP contribution in [0.3, 0.4) is 0 Å². The van der Waals surface area contributed by atoms with Crippen molar-refractivity contribution in [3.63, 3.8) is 0 Å². The molecule has 2 rings (SSSR count). The van der Waals surface area contributed by atoms with Gasteiger partial charge in [0.15, 0.2) is 0 Å². The van der Waals surface area contributed by atoms with Gasteiger partial charge in [-0.2, -0.15) is 0 Å². The fraction of sp³-hybridized carbons (Fsp3) is 0.300. The Labute approximate surface area is 98.0 Å². The summed E-state index contributed by atoms with van der Waals surface area (Å²) >= 11 is 0. The summed E-state index contributed by atoms with van der Waals surface area (Å²) in [6, 6.07) is 4.93. The van der Waals surface area contributed by atoms with E-state index in [2.05, 4.69) is 15.7 Å². The average Bonchev–Trinajstić information content (AvgIpc) is 2.38. The average molecular weight is 235 g/mol. The van der Waals surface area contributed by atoms with Crippen LogP contribution < -0.4 is 16.6 Å². The van der Waals surface area contributed by atoms with Gasteiger partial charge >= 0.3 is 0 Å². The third-order valence-electron chi connectivity index (χ3n) is 2.44. The lowest BCUT2D eigenvalue weighted by molar-refractivity contribution is -0.123. The predicted molar refractivity (Wildman–Crippen MR) is 61.0 cm³/mol. The molecule has 17 heavy (non-hydrogen) atoms. The van der Waals surface area contributed by atoms with Crippen LogP contribution in [0.4, 0.5) is 5.82 Å². The zero-order valence-electron chi connectivity index (χ0n) is 9.14. The normalized spacial score (nSPS) is 15.4. The van der Waals surface area contributed by atoms with Crippen LogP contribution in [0.5, 0.6) is 0 Å². The maximum atomic E-state index is 12.0. The number of hydrazine groups is 1. The smallest absolute Gasteiger partial charge is 0.273 e. The lowest BCUT2D eigenvalue weighted by Crippen LogP contribution is -2.50. The van der Waals surface area contributed by atoms with E-state index in [1.54, 1.807) is 18.2 Å². The molecule has 0 aromatic carbocycles. The lowest BCUT2D eigenvalue weighted by atomic mass is 10.2. The maximum absolute atomic E-state index is 12.0. The Hall–Kier alpha value is -2.15. The quantitative estimate of drug-likeness (QED) is 0.448. The van der Waals surface area contributed by atoms with E-state index in [4.69, 9.17) is 5.84 Å². The molecule has 1 aliphatic rings. The van der Waals surface area contributed by atoms with E-state index in [0.29, 0.717) is 18.9 Å². The number of carbonyl (C=O) groups is 2. The van der Waals surface area contributed by atoms with Crippen LogP contribution in [0.25, 0.3) is 0 Å². The number of nitrogens with zero attached hydrogens (tertiary/aromatic N) is 2. The molecule has 90 valence electrons. The summed E-state index contributed by atoms with van der Waals surface area (Å²) in [6.45, 7) is 1.03. The minimum atomic E-state index is -0.267. The second-order valence-corrected chi connectivity index (χ2v) is 3.63. The van der Waals surface area contributed by atoms with Gasteiger partial charge < -0.3 is 15.6 Å². The molecule has 0 spiro atoms. The molecule has 7 nitrogen and oxygen atoms in total. The summed E-state index contributed by atoms with van der Waals surface area (Å²) in [5, 5.41) is 2.66. The highest BCUT2D eigenvalue weighted by Crippen LogP contribution is 2.07. The van der Waals surface area contributed by atoms with Gasteiger partial charge in [-0.1, -0.05) is 6.07 Å². The fourth-order valence-electron chi connectivity index (χ4n) is 1.61. The van der Waals surface area contributed by atoms with E-state index in [0.717, 1.165) is 0 Å². The molecule has 1 aliphatic heterocycles. The van der Waals surface area contributed by atoms with Crippen LogP contribution >= 0.6 is 0 Å². The number of rotatable bonds is 2. The molecule has 2 heterocycles. The number of aromatic nitrogens is 1. The van der Waals surface area contributed by atoms with Crippen molar-refractivity contribution in [2.75, 3.05) is 25.1 Å². The van der Waals surface area contributed by atoms with Crippen LogP contribution in [0, 0.1) is 0 Å². The van der Waals surface area contributed by atoms with Gasteiger partial charge in [0.25, 0.3) is 5.91 Å². The van der Waals surface area contributed by atoms with Crippen molar-refractivity contribution < 1.29 is 9.59 Å². The van der Waals surface area contributed by atoms with Gasteiger partial charge in [-0.05, 0) is 12.1 Å². The Morgan fingerprint density at radius 2 is 2.35 bits per heavy atom. The standard InChI is InChI=1S/C10H13N5O2/c11-14-8-3-1-2-7(13-8)10(17)15-5-4-12-9(16)6-15/h1-3H,4-6,11H2,(H,12,16)(H,13,14). The molecular weight excluding hydrogens is 222 g/mol. The van der Waals surface area contributed by atoms with Crippen LogP contribution in [0.2, 0.25) is 0 Å². The number of carbonyl (C=O) groups excluding carboxylic acids is 2. The number of nitrogen functional groups attached to an aromatic ring is 1. The monoisotopic (exact) mass is 235 g/mol. The summed E-state index contributed by atoms with van der Waals surface area (Å²) in [7, 11) is 0. The highest BCUT2D eigenvalue weighted by molar-refractivity contribution is 5.95. The highest BCUT2D eigenvalue weighted by atomic mass is 16.2. The maximum Gasteiger partial charge on any atom is 0.273 e. The molecule has 4 N–H and O–H groups in total. The zero-order chi connectivity index (χ0) is 12.3. The molecule has 0 atom stereocenters. The SMILES string of the molecule is NNc1cccc(C(=O)N2CCNC(=O)C2)n1. The van der Waals surface area contributed by atoms with Gasteiger partial charge in [-0.15, -0.1) is 0 Å².